The predicted molar refractivity (Wildman–Crippen MR) is 41.8 cm³/mol. The second-order valence-electron chi connectivity index (χ2n) is 2.92. The van der Waals surface area contributed by atoms with Crippen LogP contribution in [0.2, 0.25) is 0 Å². The van der Waals surface area contributed by atoms with Crippen LogP contribution in [0.1, 0.15) is 32.6 Å². The number of hydrogen-bond acceptors (Lipinski definition) is 1. The van der Waals surface area contributed by atoms with E-state index < -0.39 is 0 Å². The van der Waals surface area contributed by atoms with Gasteiger partial charge in [0.05, 0.1) is 0 Å². The zero-order chi connectivity index (χ0) is 7.40. The Bertz CT molecular complexity index is 147. The molecule has 0 radical (unpaired) electrons. The molecule has 0 spiro atoms. The minimum atomic E-state index is 0.632. The van der Waals surface area contributed by atoms with Gasteiger partial charge in [-0.2, -0.15) is 0 Å². The smallest absolute Gasteiger partial charge is 0.120 e. The standard InChI is InChI=1S/C9H14O/c1-2-8-3-4-9(7-8)5-6-10/h3,6,9H,2,4-5,7H2,1H3. The van der Waals surface area contributed by atoms with Crippen molar-refractivity contribution in [3.63, 3.8) is 0 Å². The third kappa shape index (κ3) is 1.69. The fraction of sp³-hybridized carbons (Fsp3) is 0.667. The van der Waals surface area contributed by atoms with Crippen LogP contribution in [0, 0.1) is 5.92 Å². The highest BCUT2D eigenvalue weighted by Crippen LogP contribution is 2.28. The zero-order valence-corrected chi connectivity index (χ0v) is 6.47. The second-order valence-corrected chi connectivity index (χ2v) is 2.92. The number of allylic oxidation sites excluding steroid dienone is 2. The van der Waals surface area contributed by atoms with Gasteiger partial charge in [0.15, 0.2) is 0 Å². The molecule has 1 aliphatic rings. The molecule has 0 aromatic heterocycles. The number of hydrogen-bond donors (Lipinski definition) is 0. The second kappa shape index (κ2) is 3.55. The Morgan fingerprint density at radius 2 is 2.60 bits per heavy atom. The lowest BCUT2D eigenvalue weighted by atomic mass is 10.0. The fourth-order valence-corrected chi connectivity index (χ4v) is 1.48. The molecule has 0 aromatic rings. The van der Waals surface area contributed by atoms with Crippen LogP contribution in [0.3, 0.4) is 0 Å². The van der Waals surface area contributed by atoms with Crippen molar-refractivity contribution < 1.29 is 4.79 Å². The summed E-state index contributed by atoms with van der Waals surface area (Å²) < 4.78 is 0. The molecule has 0 fully saturated rings. The maximum Gasteiger partial charge on any atom is 0.120 e. The average molecular weight is 138 g/mol. The van der Waals surface area contributed by atoms with Gasteiger partial charge in [0.2, 0.25) is 0 Å². The number of carbonyl (C=O) groups excluding carboxylic acids is 1. The Kier molecular flexibility index (Phi) is 2.67. The van der Waals surface area contributed by atoms with Crippen LogP contribution in [-0.2, 0) is 4.79 Å². The first-order chi connectivity index (χ1) is 4.86. The van der Waals surface area contributed by atoms with E-state index in [1.54, 1.807) is 0 Å². The van der Waals surface area contributed by atoms with E-state index in [9.17, 15) is 4.79 Å². The Hall–Kier alpha value is -0.590. The maximum atomic E-state index is 10.1. The Balaban J connectivity index is 2.29. The molecule has 56 valence electrons. The van der Waals surface area contributed by atoms with Crippen molar-refractivity contribution in [1.29, 1.82) is 0 Å². The Morgan fingerprint density at radius 1 is 1.80 bits per heavy atom. The van der Waals surface area contributed by atoms with Crippen molar-refractivity contribution >= 4 is 6.29 Å². The molecule has 1 heteroatoms. The monoisotopic (exact) mass is 138 g/mol. The third-order valence-corrected chi connectivity index (χ3v) is 2.17. The lowest BCUT2D eigenvalue weighted by Gasteiger charge is -2.02. The quantitative estimate of drug-likeness (QED) is 0.432. The summed E-state index contributed by atoms with van der Waals surface area (Å²) in [6.45, 7) is 2.18. The molecular weight excluding hydrogens is 124 g/mol. The molecule has 0 saturated carbocycles. The minimum absolute atomic E-state index is 0.632. The summed E-state index contributed by atoms with van der Waals surface area (Å²) in [5.41, 5.74) is 1.53. The van der Waals surface area contributed by atoms with E-state index in [0.29, 0.717) is 5.92 Å². The molecule has 1 nitrogen and oxygen atoms in total. The first kappa shape index (κ1) is 7.52. The largest absolute Gasteiger partial charge is 0.303 e. The van der Waals surface area contributed by atoms with E-state index in [2.05, 4.69) is 13.0 Å². The van der Waals surface area contributed by atoms with E-state index in [1.165, 1.54) is 5.57 Å². The van der Waals surface area contributed by atoms with E-state index in [1.807, 2.05) is 0 Å². The van der Waals surface area contributed by atoms with Crippen LogP contribution in [0.15, 0.2) is 11.6 Å². The van der Waals surface area contributed by atoms with Crippen molar-refractivity contribution in [3.8, 4) is 0 Å². The van der Waals surface area contributed by atoms with Gasteiger partial charge in [-0.25, -0.2) is 0 Å². The maximum absolute atomic E-state index is 10.1. The van der Waals surface area contributed by atoms with Crippen molar-refractivity contribution in [2.75, 3.05) is 0 Å². The lowest BCUT2D eigenvalue weighted by molar-refractivity contribution is -0.108. The van der Waals surface area contributed by atoms with E-state index in [-0.39, 0.29) is 0 Å². The average Bonchev–Trinajstić information content (AvgIpc) is 2.37. The normalized spacial score (nSPS) is 24.5. The molecule has 1 aliphatic carbocycles. The van der Waals surface area contributed by atoms with E-state index >= 15 is 0 Å². The topological polar surface area (TPSA) is 17.1 Å². The molecule has 0 aliphatic heterocycles. The molecule has 1 atom stereocenters. The molecule has 0 saturated heterocycles. The summed E-state index contributed by atoms with van der Waals surface area (Å²) in [7, 11) is 0. The molecule has 0 aromatic carbocycles. The van der Waals surface area contributed by atoms with Crippen LogP contribution >= 0.6 is 0 Å². The van der Waals surface area contributed by atoms with Gasteiger partial charge in [0, 0.05) is 6.42 Å². The first-order valence-corrected chi connectivity index (χ1v) is 3.98. The summed E-state index contributed by atoms with van der Waals surface area (Å²) in [5, 5.41) is 0. The molecule has 1 rings (SSSR count). The summed E-state index contributed by atoms with van der Waals surface area (Å²) in [6.07, 6.45) is 7.53. The fourth-order valence-electron chi connectivity index (χ4n) is 1.48. The van der Waals surface area contributed by atoms with Crippen molar-refractivity contribution in [1.82, 2.24) is 0 Å². The van der Waals surface area contributed by atoms with E-state index in [4.69, 9.17) is 0 Å². The van der Waals surface area contributed by atoms with Crippen molar-refractivity contribution in [2.45, 2.75) is 32.6 Å². The van der Waals surface area contributed by atoms with Crippen LogP contribution in [0.25, 0.3) is 0 Å². The number of carbonyl (C=O) groups is 1. The van der Waals surface area contributed by atoms with Crippen LogP contribution in [-0.4, -0.2) is 6.29 Å². The third-order valence-electron chi connectivity index (χ3n) is 2.17. The zero-order valence-electron chi connectivity index (χ0n) is 6.47. The molecule has 0 N–H and O–H groups in total. The molecule has 1 unspecified atom stereocenters. The molecule has 0 bridgehead atoms. The molecule has 10 heavy (non-hydrogen) atoms. The van der Waals surface area contributed by atoms with Gasteiger partial charge in [-0.15, -0.1) is 0 Å². The molecular formula is C9H14O. The van der Waals surface area contributed by atoms with Gasteiger partial charge in [-0.05, 0) is 25.2 Å². The van der Waals surface area contributed by atoms with Crippen LogP contribution in [0.5, 0.6) is 0 Å². The lowest BCUT2D eigenvalue weighted by Crippen LogP contribution is -1.94. The molecule has 0 amide bonds. The van der Waals surface area contributed by atoms with Gasteiger partial charge >= 0.3 is 0 Å². The summed E-state index contributed by atoms with van der Waals surface area (Å²) in [5.74, 6) is 0.632. The van der Waals surface area contributed by atoms with Crippen LogP contribution in [0.4, 0.5) is 0 Å². The Morgan fingerprint density at radius 3 is 3.10 bits per heavy atom. The highest BCUT2D eigenvalue weighted by molar-refractivity contribution is 5.50. The molecule has 0 heterocycles. The highest BCUT2D eigenvalue weighted by Gasteiger charge is 2.14. The van der Waals surface area contributed by atoms with Gasteiger partial charge in [-0.3, -0.25) is 0 Å². The Labute approximate surface area is 62.1 Å². The minimum Gasteiger partial charge on any atom is -0.303 e. The van der Waals surface area contributed by atoms with Crippen molar-refractivity contribution in [3.05, 3.63) is 11.6 Å². The highest BCUT2D eigenvalue weighted by atomic mass is 16.1. The van der Waals surface area contributed by atoms with Gasteiger partial charge in [-0.1, -0.05) is 18.6 Å². The van der Waals surface area contributed by atoms with Crippen LogP contribution < -0.4 is 0 Å². The SMILES string of the molecule is CCC1=CCC(CC=O)C1. The number of rotatable bonds is 3. The summed E-state index contributed by atoms with van der Waals surface area (Å²) in [6, 6.07) is 0. The number of aldehydes is 1. The first-order valence-electron chi connectivity index (χ1n) is 3.98. The summed E-state index contributed by atoms with van der Waals surface area (Å²) in [4.78, 5) is 10.1. The van der Waals surface area contributed by atoms with E-state index in [0.717, 1.165) is 32.0 Å². The van der Waals surface area contributed by atoms with Gasteiger partial charge < -0.3 is 4.79 Å². The predicted octanol–water partition coefficient (Wildman–Crippen LogP) is 2.32. The van der Waals surface area contributed by atoms with Gasteiger partial charge in [0.1, 0.15) is 6.29 Å². The van der Waals surface area contributed by atoms with Gasteiger partial charge in [0.25, 0.3) is 0 Å². The summed E-state index contributed by atoms with van der Waals surface area (Å²) >= 11 is 0. The van der Waals surface area contributed by atoms with Crippen molar-refractivity contribution in [2.24, 2.45) is 5.92 Å².